The molecular weight excluding hydrogens is 364 g/mol. The molecule has 0 aliphatic heterocycles. The van der Waals surface area contributed by atoms with Crippen molar-refractivity contribution in [1.82, 2.24) is 9.78 Å². The molecule has 0 fully saturated rings. The molecule has 124 valence electrons. The molecule has 0 saturated carbocycles. The maximum atomic E-state index is 5.95. The van der Waals surface area contributed by atoms with E-state index in [1.807, 2.05) is 35.1 Å². The number of halogens is 1. The van der Waals surface area contributed by atoms with Crippen LogP contribution in [0.25, 0.3) is 11.1 Å². The first-order valence-electron chi connectivity index (χ1n) is 8.10. The number of hydrogen-bond acceptors (Lipinski definition) is 2. The standard InChI is InChI=1S/C20H21BrN2O/c1-15(2)12-23-13-18(11-22-23)17-8-19(21)10-20(9-17)24-14-16-6-4-3-5-7-16/h3-11,13,15H,12,14H2,1-2H3. The van der Waals surface area contributed by atoms with E-state index in [0.29, 0.717) is 12.5 Å². The third-order valence-electron chi connectivity index (χ3n) is 3.64. The number of aromatic nitrogens is 2. The number of benzene rings is 2. The van der Waals surface area contributed by atoms with E-state index in [0.717, 1.165) is 33.5 Å². The van der Waals surface area contributed by atoms with E-state index < -0.39 is 0 Å². The minimum absolute atomic E-state index is 0.559. The van der Waals surface area contributed by atoms with Crippen molar-refractivity contribution in [2.45, 2.75) is 27.0 Å². The Morgan fingerprint density at radius 1 is 1.08 bits per heavy atom. The summed E-state index contributed by atoms with van der Waals surface area (Å²) in [6.45, 7) is 5.86. The first-order valence-corrected chi connectivity index (χ1v) is 8.89. The van der Waals surface area contributed by atoms with Gasteiger partial charge in [0.1, 0.15) is 12.4 Å². The van der Waals surface area contributed by atoms with E-state index in [2.05, 4.69) is 65.3 Å². The van der Waals surface area contributed by atoms with Crippen molar-refractivity contribution in [3.05, 3.63) is 71.0 Å². The van der Waals surface area contributed by atoms with E-state index in [4.69, 9.17) is 4.74 Å². The fourth-order valence-electron chi connectivity index (χ4n) is 2.54. The lowest BCUT2D eigenvalue weighted by atomic mass is 10.1. The molecule has 24 heavy (non-hydrogen) atoms. The summed E-state index contributed by atoms with van der Waals surface area (Å²) in [4.78, 5) is 0. The monoisotopic (exact) mass is 384 g/mol. The van der Waals surface area contributed by atoms with Crippen LogP contribution in [0.4, 0.5) is 0 Å². The van der Waals surface area contributed by atoms with Gasteiger partial charge in [-0.1, -0.05) is 60.1 Å². The lowest BCUT2D eigenvalue weighted by Gasteiger charge is -2.09. The van der Waals surface area contributed by atoms with E-state index in [-0.39, 0.29) is 0 Å². The second kappa shape index (κ2) is 7.67. The molecular formula is C20H21BrN2O. The van der Waals surface area contributed by atoms with E-state index in [9.17, 15) is 0 Å². The van der Waals surface area contributed by atoms with E-state index >= 15 is 0 Å². The maximum absolute atomic E-state index is 5.95. The van der Waals surface area contributed by atoms with E-state index in [1.165, 1.54) is 0 Å². The molecule has 0 spiro atoms. The topological polar surface area (TPSA) is 27.1 Å². The highest BCUT2D eigenvalue weighted by molar-refractivity contribution is 9.10. The molecule has 1 heterocycles. The number of rotatable bonds is 6. The third kappa shape index (κ3) is 4.48. The largest absolute Gasteiger partial charge is 0.489 e. The molecule has 0 saturated heterocycles. The van der Waals surface area contributed by atoms with Crippen LogP contribution in [0.15, 0.2) is 65.4 Å². The minimum atomic E-state index is 0.559. The molecule has 0 amide bonds. The fraction of sp³-hybridized carbons (Fsp3) is 0.250. The van der Waals surface area contributed by atoms with Gasteiger partial charge in [-0.3, -0.25) is 4.68 Å². The van der Waals surface area contributed by atoms with Crippen molar-refractivity contribution >= 4 is 15.9 Å². The SMILES string of the molecule is CC(C)Cn1cc(-c2cc(Br)cc(OCc3ccccc3)c2)cn1. The highest BCUT2D eigenvalue weighted by Crippen LogP contribution is 2.29. The minimum Gasteiger partial charge on any atom is -0.489 e. The van der Waals surface area contributed by atoms with Gasteiger partial charge in [0.2, 0.25) is 0 Å². The Labute approximate surface area is 151 Å². The van der Waals surface area contributed by atoms with Gasteiger partial charge in [-0.15, -0.1) is 0 Å². The zero-order valence-electron chi connectivity index (χ0n) is 13.9. The summed E-state index contributed by atoms with van der Waals surface area (Å²) in [7, 11) is 0. The average Bonchev–Trinajstić information content (AvgIpc) is 3.01. The van der Waals surface area contributed by atoms with Crippen molar-refractivity contribution in [1.29, 1.82) is 0 Å². The smallest absolute Gasteiger partial charge is 0.121 e. The molecule has 0 aliphatic carbocycles. The van der Waals surface area contributed by atoms with Crippen LogP contribution in [0.5, 0.6) is 5.75 Å². The van der Waals surface area contributed by atoms with Gasteiger partial charge < -0.3 is 4.74 Å². The zero-order chi connectivity index (χ0) is 16.9. The van der Waals surface area contributed by atoms with Crippen LogP contribution >= 0.6 is 15.9 Å². The Kier molecular flexibility index (Phi) is 5.36. The first kappa shape index (κ1) is 16.8. The highest BCUT2D eigenvalue weighted by Gasteiger charge is 2.07. The van der Waals surface area contributed by atoms with Crippen LogP contribution in [0.3, 0.4) is 0 Å². The molecule has 0 atom stereocenters. The van der Waals surface area contributed by atoms with Crippen molar-refractivity contribution in [3.63, 3.8) is 0 Å². The van der Waals surface area contributed by atoms with Crippen molar-refractivity contribution in [3.8, 4) is 16.9 Å². The van der Waals surface area contributed by atoms with Crippen molar-refractivity contribution in [2.75, 3.05) is 0 Å². The van der Waals surface area contributed by atoms with Crippen LogP contribution in [0.1, 0.15) is 19.4 Å². The second-order valence-electron chi connectivity index (χ2n) is 6.29. The van der Waals surface area contributed by atoms with Gasteiger partial charge in [-0.05, 0) is 35.2 Å². The fourth-order valence-corrected chi connectivity index (χ4v) is 3.01. The molecule has 2 aromatic carbocycles. The predicted molar refractivity (Wildman–Crippen MR) is 101 cm³/mol. The molecule has 0 bridgehead atoms. The molecule has 1 aromatic heterocycles. The van der Waals surface area contributed by atoms with Gasteiger partial charge in [0, 0.05) is 22.8 Å². The Morgan fingerprint density at radius 3 is 2.62 bits per heavy atom. The summed E-state index contributed by atoms with van der Waals surface area (Å²) < 4.78 is 8.94. The summed E-state index contributed by atoms with van der Waals surface area (Å²) in [6.07, 6.45) is 3.99. The van der Waals surface area contributed by atoms with Gasteiger partial charge in [0.05, 0.1) is 6.20 Å². The summed E-state index contributed by atoms with van der Waals surface area (Å²) >= 11 is 3.58. The Hall–Kier alpha value is -2.07. The molecule has 0 N–H and O–H groups in total. The molecule has 3 aromatic rings. The Morgan fingerprint density at radius 2 is 1.88 bits per heavy atom. The summed E-state index contributed by atoms with van der Waals surface area (Å²) in [5.41, 5.74) is 3.35. The Balaban J connectivity index is 1.77. The normalized spacial score (nSPS) is 11.0. The predicted octanol–water partition coefficient (Wildman–Crippen LogP) is 5.55. The molecule has 4 heteroatoms. The summed E-state index contributed by atoms with van der Waals surface area (Å²) in [6, 6.07) is 16.3. The Bertz CT molecular complexity index is 796. The van der Waals surface area contributed by atoms with Crippen LogP contribution in [-0.4, -0.2) is 9.78 Å². The van der Waals surface area contributed by atoms with Crippen LogP contribution < -0.4 is 4.74 Å². The summed E-state index contributed by atoms with van der Waals surface area (Å²) in [5, 5.41) is 4.45. The molecule has 3 nitrogen and oxygen atoms in total. The van der Waals surface area contributed by atoms with Crippen molar-refractivity contribution < 1.29 is 4.74 Å². The third-order valence-corrected chi connectivity index (χ3v) is 4.10. The van der Waals surface area contributed by atoms with Gasteiger partial charge in [0.25, 0.3) is 0 Å². The lowest BCUT2D eigenvalue weighted by molar-refractivity contribution is 0.306. The quantitative estimate of drug-likeness (QED) is 0.557. The van der Waals surface area contributed by atoms with Crippen LogP contribution in [0, 0.1) is 5.92 Å². The first-order chi connectivity index (χ1) is 11.6. The van der Waals surface area contributed by atoms with Gasteiger partial charge in [0.15, 0.2) is 0 Å². The number of hydrogen-bond donors (Lipinski definition) is 0. The van der Waals surface area contributed by atoms with Gasteiger partial charge >= 0.3 is 0 Å². The van der Waals surface area contributed by atoms with E-state index in [1.54, 1.807) is 0 Å². The average molecular weight is 385 g/mol. The van der Waals surface area contributed by atoms with Gasteiger partial charge in [-0.25, -0.2) is 0 Å². The highest BCUT2D eigenvalue weighted by atomic mass is 79.9. The van der Waals surface area contributed by atoms with Crippen LogP contribution in [0.2, 0.25) is 0 Å². The molecule has 0 radical (unpaired) electrons. The van der Waals surface area contributed by atoms with Gasteiger partial charge in [-0.2, -0.15) is 5.10 Å². The zero-order valence-corrected chi connectivity index (χ0v) is 15.5. The number of nitrogens with zero attached hydrogens (tertiary/aromatic N) is 2. The number of ether oxygens (including phenoxy) is 1. The van der Waals surface area contributed by atoms with Crippen molar-refractivity contribution in [2.24, 2.45) is 5.92 Å². The molecule has 0 unspecified atom stereocenters. The second-order valence-corrected chi connectivity index (χ2v) is 7.21. The lowest BCUT2D eigenvalue weighted by Crippen LogP contribution is -2.03. The summed E-state index contributed by atoms with van der Waals surface area (Å²) in [5.74, 6) is 1.42. The molecule has 3 rings (SSSR count). The van der Waals surface area contributed by atoms with Crippen LogP contribution in [-0.2, 0) is 13.2 Å². The maximum Gasteiger partial charge on any atom is 0.121 e. The molecule has 0 aliphatic rings.